The van der Waals surface area contributed by atoms with Gasteiger partial charge in [-0.3, -0.25) is 4.68 Å². The maximum absolute atomic E-state index is 13.2. The third kappa shape index (κ3) is 3.60. The molecule has 21 heavy (non-hydrogen) atoms. The molecule has 112 valence electrons. The number of carbonyl (C=O) groups excluding carboxylic acids is 1. The normalized spacial score (nSPS) is 10.9. The van der Waals surface area contributed by atoms with E-state index < -0.39 is 11.8 Å². The SMILES string of the molecule is CC(C)n1ccc(COC(=O)c2cc(N)c(F)cc2Br)n1. The number of carbonyl (C=O) groups is 1. The van der Waals surface area contributed by atoms with Gasteiger partial charge in [-0.15, -0.1) is 0 Å². The molecule has 0 unspecified atom stereocenters. The highest BCUT2D eigenvalue weighted by atomic mass is 79.9. The van der Waals surface area contributed by atoms with Gasteiger partial charge in [0, 0.05) is 16.7 Å². The van der Waals surface area contributed by atoms with Crippen LogP contribution < -0.4 is 5.73 Å². The van der Waals surface area contributed by atoms with Gasteiger partial charge < -0.3 is 10.5 Å². The van der Waals surface area contributed by atoms with Gasteiger partial charge in [0.15, 0.2) is 0 Å². The Balaban J connectivity index is 2.06. The fraction of sp³-hybridized carbons (Fsp3) is 0.286. The summed E-state index contributed by atoms with van der Waals surface area (Å²) in [6.07, 6.45) is 1.82. The van der Waals surface area contributed by atoms with E-state index in [0.29, 0.717) is 10.2 Å². The molecule has 0 aliphatic carbocycles. The standard InChI is InChI=1S/C14H15BrFN3O2/c1-8(2)19-4-3-9(18-19)7-21-14(20)10-5-13(17)12(16)6-11(10)15/h3-6,8H,7,17H2,1-2H3. The lowest BCUT2D eigenvalue weighted by Crippen LogP contribution is -2.09. The number of aromatic nitrogens is 2. The van der Waals surface area contributed by atoms with Gasteiger partial charge in [-0.25, -0.2) is 9.18 Å². The van der Waals surface area contributed by atoms with Gasteiger partial charge in [0.05, 0.1) is 16.9 Å². The zero-order valence-electron chi connectivity index (χ0n) is 11.6. The Bertz CT molecular complexity index is 670. The molecule has 0 saturated heterocycles. The third-order valence-electron chi connectivity index (χ3n) is 2.85. The van der Waals surface area contributed by atoms with Crippen molar-refractivity contribution in [3.63, 3.8) is 0 Å². The molecule has 0 radical (unpaired) electrons. The van der Waals surface area contributed by atoms with E-state index >= 15 is 0 Å². The summed E-state index contributed by atoms with van der Waals surface area (Å²) >= 11 is 3.12. The van der Waals surface area contributed by atoms with Crippen molar-refractivity contribution in [2.45, 2.75) is 26.5 Å². The molecule has 0 aliphatic heterocycles. The molecule has 2 rings (SSSR count). The molecule has 0 amide bonds. The van der Waals surface area contributed by atoms with Crippen LogP contribution in [-0.2, 0) is 11.3 Å². The molecule has 7 heteroatoms. The zero-order valence-corrected chi connectivity index (χ0v) is 13.2. The maximum atomic E-state index is 13.2. The maximum Gasteiger partial charge on any atom is 0.339 e. The second-order valence-electron chi connectivity index (χ2n) is 4.81. The molecule has 0 saturated carbocycles. The number of nitrogens with two attached hydrogens (primary N) is 1. The van der Waals surface area contributed by atoms with Crippen LogP contribution >= 0.6 is 15.9 Å². The molecule has 0 bridgehead atoms. The molecule has 0 atom stereocenters. The van der Waals surface area contributed by atoms with E-state index in [9.17, 15) is 9.18 Å². The van der Waals surface area contributed by atoms with Crippen LogP contribution in [0.1, 0.15) is 35.9 Å². The molecule has 1 aromatic heterocycles. The van der Waals surface area contributed by atoms with E-state index in [1.165, 1.54) is 6.07 Å². The van der Waals surface area contributed by atoms with E-state index in [-0.39, 0.29) is 23.9 Å². The number of nitrogen functional groups attached to an aromatic ring is 1. The van der Waals surface area contributed by atoms with Crippen LogP contribution in [0, 0.1) is 5.82 Å². The van der Waals surface area contributed by atoms with Crippen molar-refractivity contribution < 1.29 is 13.9 Å². The average molecular weight is 356 g/mol. The number of nitrogens with zero attached hydrogens (tertiary/aromatic N) is 2. The van der Waals surface area contributed by atoms with Crippen LogP contribution in [0.25, 0.3) is 0 Å². The fourth-order valence-corrected chi connectivity index (χ4v) is 2.16. The predicted octanol–water partition coefficient (Wildman–Crippen LogP) is 3.30. The summed E-state index contributed by atoms with van der Waals surface area (Å²) in [5.41, 5.74) is 6.17. The number of benzene rings is 1. The second-order valence-corrected chi connectivity index (χ2v) is 5.66. The van der Waals surface area contributed by atoms with Crippen molar-refractivity contribution in [1.29, 1.82) is 0 Å². The Labute approximate surface area is 130 Å². The van der Waals surface area contributed by atoms with Crippen LogP contribution in [0.2, 0.25) is 0 Å². The smallest absolute Gasteiger partial charge is 0.339 e. The van der Waals surface area contributed by atoms with Crippen molar-refractivity contribution in [1.82, 2.24) is 9.78 Å². The molecule has 5 nitrogen and oxygen atoms in total. The molecule has 2 N–H and O–H groups in total. The minimum absolute atomic E-state index is 0.0439. The first-order chi connectivity index (χ1) is 9.88. The summed E-state index contributed by atoms with van der Waals surface area (Å²) in [5.74, 6) is -1.18. The zero-order chi connectivity index (χ0) is 15.6. The average Bonchev–Trinajstić information content (AvgIpc) is 2.89. The van der Waals surface area contributed by atoms with Crippen LogP contribution in [-0.4, -0.2) is 15.7 Å². The number of rotatable bonds is 4. The first-order valence-electron chi connectivity index (χ1n) is 6.34. The van der Waals surface area contributed by atoms with E-state index in [4.69, 9.17) is 10.5 Å². The summed E-state index contributed by atoms with van der Waals surface area (Å²) in [6.45, 7) is 4.05. The Morgan fingerprint density at radius 3 is 2.86 bits per heavy atom. The van der Waals surface area contributed by atoms with Crippen LogP contribution in [0.4, 0.5) is 10.1 Å². The Morgan fingerprint density at radius 2 is 2.24 bits per heavy atom. The molecular weight excluding hydrogens is 341 g/mol. The lowest BCUT2D eigenvalue weighted by atomic mass is 10.2. The van der Waals surface area contributed by atoms with Gasteiger partial charge in [0.25, 0.3) is 0 Å². The molecule has 2 aromatic rings. The molecule has 0 fully saturated rings. The van der Waals surface area contributed by atoms with Crippen molar-refractivity contribution in [3.05, 3.63) is 45.9 Å². The van der Waals surface area contributed by atoms with E-state index in [0.717, 1.165) is 6.07 Å². The van der Waals surface area contributed by atoms with Crippen molar-refractivity contribution >= 4 is 27.6 Å². The summed E-state index contributed by atoms with van der Waals surface area (Å²) in [6, 6.07) is 4.40. The number of esters is 1. The van der Waals surface area contributed by atoms with Gasteiger partial charge in [-0.05, 0) is 48.0 Å². The highest BCUT2D eigenvalue weighted by Gasteiger charge is 2.15. The van der Waals surface area contributed by atoms with E-state index in [1.807, 2.05) is 20.0 Å². The summed E-state index contributed by atoms with van der Waals surface area (Å²) in [4.78, 5) is 12.0. The fourth-order valence-electron chi connectivity index (χ4n) is 1.68. The van der Waals surface area contributed by atoms with Gasteiger partial charge in [-0.1, -0.05) is 0 Å². The number of hydrogen-bond donors (Lipinski definition) is 1. The Hall–Kier alpha value is -1.89. The first kappa shape index (κ1) is 15.5. The van der Waals surface area contributed by atoms with Crippen LogP contribution in [0.5, 0.6) is 0 Å². The summed E-state index contributed by atoms with van der Waals surface area (Å²) in [7, 11) is 0. The predicted molar refractivity (Wildman–Crippen MR) is 80.2 cm³/mol. The molecule has 1 heterocycles. The monoisotopic (exact) mass is 355 g/mol. The lowest BCUT2D eigenvalue weighted by molar-refractivity contribution is 0.0466. The first-order valence-corrected chi connectivity index (χ1v) is 7.13. The highest BCUT2D eigenvalue weighted by Crippen LogP contribution is 2.23. The Kier molecular flexibility index (Phi) is 4.62. The van der Waals surface area contributed by atoms with E-state index in [2.05, 4.69) is 21.0 Å². The summed E-state index contributed by atoms with van der Waals surface area (Å²) < 4.78 is 20.5. The van der Waals surface area contributed by atoms with Crippen molar-refractivity contribution in [3.8, 4) is 0 Å². The van der Waals surface area contributed by atoms with Crippen molar-refractivity contribution in [2.24, 2.45) is 0 Å². The number of anilines is 1. The van der Waals surface area contributed by atoms with Crippen LogP contribution in [0.15, 0.2) is 28.9 Å². The lowest BCUT2D eigenvalue weighted by Gasteiger charge is -2.07. The quantitative estimate of drug-likeness (QED) is 0.674. The molecular formula is C14H15BrFN3O2. The second kappa shape index (κ2) is 6.26. The molecule has 0 aliphatic rings. The van der Waals surface area contributed by atoms with Gasteiger partial charge in [0.2, 0.25) is 0 Å². The molecule has 1 aromatic carbocycles. The number of hydrogen-bond acceptors (Lipinski definition) is 4. The topological polar surface area (TPSA) is 70.1 Å². The largest absolute Gasteiger partial charge is 0.455 e. The third-order valence-corrected chi connectivity index (χ3v) is 3.51. The summed E-state index contributed by atoms with van der Waals surface area (Å²) in [5, 5.41) is 4.27. The highest BCUT2D eigenvalue weighted by molar-refractivity contribution is 9.10. The number of halogens is 2. The van der Waals surface area contributed by atoms with Gasteiger partial charge in [-0.2, -0.15) is 5.10 Å². The van der Waals surface area contributed by atoms with Gasteiger partial charge >= 0.3 is 5.97 Å². The van der Waals surface area contributed by atoms with Crippen molar-refractivity contribution in [2.75, 3.05) is 5.73 Å². The van der Waals surface area contributed by atoms with Crippen LogP contribution in [0.3, 0.4) is 0 Å². The minimum atomic E-state index is -0.590. The van der Waals surface area contributed by atoms with E-state index in [1.54, 1.807) is 10.7 Å². The van der Waals surface area contributed by atoms with Gasteiger partial charge in [0.1, 0.15) is 12.4 Å². The molecule has 0 spiro atoms. The number of ether oxygens (including phenoxy) is 1. The minimum Gasteiger partial charge on any atom is -0.455 e. The Morgan fingerprint density at radius 1 is 1.52 bits per heavy atom.